The van der Waals surface area contributed by atoms with Crippen LogP contribution >= 0.6 is 0 Å². The van der Waals surface area contributed by atoms with Crippen molar-refractivity contribution in [3.8, 4) is 0 Å². The number of carbonyl (C=O) groups is 1. The van der Waals surface area contributed by atoms with Crippen LogP contribution in [0.2, 0.25) is 0 Å². The van der Waals surface area contributed by atoms with E-state index in [2.05, 4.69) is 15.4 Å². The maximum absolute atomic E-state index is 12.7. The molecular formula is C18H21N5O3. The summed E-state index contributed by atoms with van der Waals surface area (Å²) in [5.41, 5.74) is 2.43. The number of nitrogens with zero attached hydrogens (tertiary/aromatic N) is 5. The Morgan fingerprint density at radius 3 is 2.62 bits per heavy atom. The first-order valence-corrected chi connectivity index (χ1v) is 8.65. The number of aryl methyl sites for hydroxylation is 1. The molecule has 0 N–H and O–H groups in total. The van der Waals surface area contributed by atoms with Gasteiger partial charge in [0.1, 0.15) is 23.3 Å². The van der Waals surface area contributed by atoms with Crippen molar-refractivity contribution in [1.82, 2.24) is 25.1 Å². The molecule has 0 spiro atoms. The fraction of sp³-hybridized carbons (Fsp3) is 0.444. The molecule has 8 nitrogen and oxygen atoms in total. The Bertz CT molecular complexity index is 885. The molecule has 2 aromatic heterocycles. The van der Waals surface area contributed by atoms with Gasteiger partial charge in [-0.2, -0.15) is 15.0 Å². The molecule has 2 atom stereocenters. The van der Waals surface area contributed by atoms with Crippen molar-refractivity contribution in [3.63, 3.8) is 0 Å². The maximum atomic E-state index is 12.7. The third-order valence-corrected chi connectivity index (χ3v) is 4.78. The molecule has 3 heterocycles. The molecule has 1 aliphatic rings. The molecule has 1 fully saturated rings. The van der Waals surface area contributed by atoms with Crippen LogP contribution in [-0.4, -0.2) is 57.3 Å². The third kappa shape index (κ3) is 3.32. The van der Waals surface area contributed by atoms with Gasteiger partial charge in [0.2, 0.25) is 5.91 Å². The second-order valence-electron chi connectivity index (χ2n) is 6.69. The molecule has 26 heavy (non-hydrogen) atoms. The van der Waals surface area contributed by atoms with E-state index in [1.807, 2.05) is 42.2 Å². The van der Waals surface area contributed by atoms with Gasteiger partial charge >= 0.3 is 0 Å². The average molecular weight is 355 g/mol. The van der Waals surface area contributed by atoms with E-state index in [9.17, 15) is 4.79 Å². The summed E-state index contributed by atoms with van der Waals surface area (Å²) in [5.74, 6) is 0.994. The lowest BCUT2D eigenvalue weighted by molar-refractivity contribution is -0.131. The summed E-state index contributed by atoms with van der Waals surface area (Å²) in [5, 5.41) is 12.6. The predicted octanol–water partition coefficient (Wildman–Crippen LogP) is 1.44. The van der Waals surface area contributed by atoms with Gasteiger partial charge in [0.05, 0.1) is 11.8 Å². The summed E-state index contributed by atoms with van der Waals surface area (Å²) in [6.45, 7) is 3.21. The van der Waals surface area contributed by atoms with Gasteiger partial charge in [0.25, 0.3) is 0 Å². The number of aromatic nitrogens is 4. The van der Waals surface area contributed by atoms with Gasteiger partial charge < -0.3 is 14.2 Å². The molecule has 1 aliphatic heterocycles. The Morgan fingerprint density at radius 2 is 2.00 bits per heavy atom. The van der Waals surface area contributed by atoms with Crippen molar-refractivity contribution in [3.05, 3.63) is 41.8 Å². The van der Waals surface area contributed by atoms with E-state index in [0.29, 0.717) is 19.5 Å². The van der Waals surface area contributed by atoms with Crippen LogP contribution in [0.4, 0.5) is 0 Å². The minimum absolute atomic E-state index is 0.0105. The van der Waals surface area contributed by atoms with Crippen molar-refractivity contribution in [2.75, 3.05) is 20.2 Å². The van der Waals surface area contributed by atoms with Crippen molar-refractivity contribution in [2.45, 2.75) is 26.0 Å². The standard InChI is InChI=1S/C18H21N5O3/c1-12-7-14(26-21-12)8-13-9-22(10-17(13)25-2)18(24)11-23-19-15-5-3-4-6-16(15)20-23/h3-7,13,17H,8-11H2,1-2H3/t13-,17+/m1/s1. The number of carbonyl (C=O) groups excluding carboxylic acids is 1. The van der Waals surface area contributed by atoms with E-state index in [4.69, 9.17) is 9.26 Å². The Labute approximate surface area is 150 Å². The van der Waals surface area contributed by atoms with Crippen LogP contribution in [0.1, 0.15) is 11.5 Å². The second kappa shape index (κ2) is 6.87. The Kier molecular flexibility index (Phi) is 4.42. The smallest absolute Gasteiger partial charge is 0.246 e. The fourth-order valence-electron chi connectivity index (χ4n) is 3.48. The maximum Gasteiger partial charge on any atom is 0.246 e. The Hall–Kier alpha value is -2.74. The number of methoxy groups -OCH3 is 1. The van der Waals surface area contributed by atoms with Gasteiger partial charge in [0.15, 0.2) is 0 Å². The van der Waals surface area contributed by atoms with Gasteiger partial charge in [-0.25, -0.2) is 0 Å². The highest BCUT2D eigenvalue weighted by Gasteiger charge is 2.36. The normalized spacial score (nSPS) is 20.2. The minimum atomic E-state index is -0.0194. The molecule has 1 amide bonds. The number of fused-ring (bicyclic) bond motifs is 1. The summed E-state index contributed by atoms with van der Waals surface area (Å²) in [7, 11) is 1.68. The fourth-order valence-corrected chi connectivity index (χ4v) is 3.48. The molecule has 0 unspecified atom stereocenters. The zero-order valence-electron chi connectivity index (χ0n) is 14.8. The zero-order valence-corrected chi connectivity index (χ0v) is 14.8. The molecule has 4 rings (SSSR count). The lowest BCUT2D eigenvalue weighted by Crippen LogP contribution is -2.33. The first-order valence-electron chi connectivity index (χ1n) is 8.65. The monoisotopic (exact) mass is 355 g/mol. The highest BCUT2D eigenvalue weighted by molar-refractivity contribution is 5.77. The van der Waals surface area contributed by atoms with Crippen LogP contribution in [0.3, 0.4) is 0 Å². The predicted molar refractivity (Wildman–Crippen MR) is 93.3 cm³/mol. The number of likely N-dealkylation sites (tertiary alicyclic amines) is 1. The summed E-state index contributed by atoms with van der Waals surface area (Å²) >= 11 is 0. The Morgan fingerprint density at radius 1 is 1.27 bits per heavy atom. The van der Waals surface area contributed by atoms with Crippen LogP contribution in [0, 0.1) is 12.8 Å². The van der Waals surface area contributed by atoms with Gasteiger partial charge in [-0.1, -0.05) is 17.3 Å². The molecular weight excluding hydrogens is 334 g/mol. The summed E-state index contributed by atoms with van der Waals surface area (Å²) in [6, 6.07) is 9.51. The topological polar surface area (TPSA) is 86.3 Å². The van der Waals surface area contributed by atoms with E-state index in [0.717, 1.165) is 22.5 Å². The molecule has 1 saturated heterocycles. The molecule has 0 radical (unpaired) electrons. The summed E-state index contributed by atoms with van der Waals surface area (Å²) < 4.78 is 10.9. The van der Waals surface area contributed by atoms with E-state index >= 15 is 0 Å². The molecule has 0 aliphatic carbocycles. The van der Waals surface area contributed by atoms with Gasteiger partial charge in [-0.3, -0.25) is 4.79 Å². The quantitative estimate of drug-likeness (QED) is 0.688. The van der Waals surface area contributed by atoms with Crippen LogP contribution in [0.15, 0.2) is 34.9 Å². The summed E-state index contributed by atoms with van der Waals surface area (Å²) in [6.07, 6.45) is 0.682. The van der Waals surface area contributed by atoms with Gasteiger partial charge in [-0.05, 0) is 19.1 Å². The van der Waals surface area contributed by atoms with E-state index in [1.165, 1.54) is 4.80 Å². The molecule has 8 heteroatoms. The van der Waals surface area contributed by atoms with E-state index in [1.54, 1.807) is 7.11 Å². The van der Waals surface area contributed by atoms with Gasteiger partial charge in [0, 0.05) is 38.6 Å². The Balaban J connectivity index is 1.42. The van der Waals surface area contributed by atoms with E-state index in [-0.39, 0.29) is 24.5 Å². The number of ether oxygens (including phenoxy) is 1. The third-order valence-electron chi connectivity index (χ3n) is 4.78. The van der Waals surface area contributed by atoms with Gasteiger partial charge in [-0.15, -0.1) is 0 Å². The highest BCUT2D eigenvalue weighted by Crippen LogP contribution is 2.24. The largest absolute Gasteiger partial charge is 0.379 e. The van der Waals surface area contributed by atoms with Crippen LogP contribution < -0.4 is 0 Å². The highest BCUT2D eigenvalue weighted by atomic mass is 16.5. The lowest BCUT2D eigenvalue weighted by Gasteiger charge is -2.15. The molecule has 0 saturated carbocycles. The second-order valence-corrected chi connectivity index (χ2v) is 6.69. The molecule has 3 aromatic rings. The number of benzene rings is 1. The van der Waals surface area contributed by atoms with Crippen molar-refractivity contribution in [1.29, 1.82) is 0 Å². The first-order chi connectivity index (χ1) is 12.6. The van der Waals surface area contributed by atoms with Crippen LogP contribution in [0.25, 0.3) is 11.0 Å². The number of rotatable bonds is 5. The number of amides is 1. The molecule has 1 aromatic carbocycles. The van der Waals surface area contributed by atoms with Crippen molar-refractivity contribution >= 4 is 16.9 Å². The van der Waals surface area contributed by atoms with Crippen LogP contribution in [0.5, 0.6) is 0 Å². The average Bonchev–Trinajstić information content (AvgIpc) is 3.32. The van der Waals surface area contributed by atoms with Crippen molar-refractivity contribution < 1.29 is 14.1 Å². The SMILES string of the molecule is CO[C@H]1CN(C(=O)Cn2nc3ccccc3n2)C[C@H]1Cc1cc(C)no1. The zero-order chi connectivity index (χ0) is 18.1. The number of hydrogen-bond donors (Lipinski definition) is 0. The summed E-state index contributed by atoms with van der Waals surface area (Å²) in [4.78, 5) is 16.0. The lowest BCUT2D eigenvalue weighted by atomic mass is 10.0. The molecule has 136 valence electrons. The minimum Gasteiger partial charge on any atom is -0.379 e. The van der Waals surface area contributed by atoms with E-state index < -0.39 is 0 Å². The number of hydrogen-bond acceptors (Lipinski definition) is 6. The van der Waals surface area contributed by atoms with Crippen molar-refractivity contribution in [2.24, 2.45) is 5.92 Å². The molecule has 0 bridgehead atoms. The van der Waals surface area contributed by atoms with Crippen LogP contribution in [-0.2, 0) is 22.5 Å². The first kappa shape index (κ1) is 16.7.